The molecular weight excluding hydrogens is 342 g/mol. The van der Waals surface area contributed by atoms with Crippen molar-refractivity contribution in [2.75, 3.05) is 6.61 Å². The lowest BCUT2D eigenvalue weighted by Crippen LogP contribution is -2.41. The topological polar surface area (TPSA) is 18.5 Å². The normalized spacial score (nSPS) is 24.4. The van der Waals surface area contributed by atoms with Gasteiger partial charge in [0.15, 0.2) is 17.4 Å². The van der Waals surface area contributed by atoms with Crippen LogP contribution in [0.1, 0.15) is 44.1 Å². The maximum atomic E-state index is 14.0. The van der Waals surface area contributed by atoms with Crippen LogP contribution in [0.5, 0.6) is 5.75 Å². The second kappa shape index (κ2) is 6.21. The van der Waals surface area contributed by atoms with Crippen LogP contribution in [-0.2, 0) is 10.1 Å². The Balaban J connectivity index is 1.74. The first-order chi connectivity index (χ1) is 10.1. The molecule has 1 unspecified atom stereocenters. The van der Waals surface area contributed by atoms with Crippen LogP contribution in [0.2, 0.25) is 0 Å². The van der Waals surface area contributed by atoms with Gasteiger partial charge in [-0.1, -0.05) is 28.8 Å². The third-order valence-electron chi connectivity index (χ3n) is 4.46. The van der Waals surface area contributed by atoms with Gasteiger partial charge in [-0.25, -0.2) is 8.78 Å². The molecule has 116 valence electrons. The van der Waals surface area contributed by atoms with Gasteiger partial charge in [0, 0.05) is 18.2 Å². The lowest BCUT2D eigenvalue weighted by atomic mass is 9.90. The average Bonchev–Trinajstić information content (AvgIpc) is 2.90. The van der Waals surface area contributed by atoms with Gasteiger partial charge in [-0.3, -0.25) is 0 Å². The molecule has 1 saturated carbocycles. The van der Waals surface area contributed by atoms with Gasteiger partial charge in [0.2, 0.25) is 0 Å². The summed E-state index contributed by atoms with van der Waals surface area (Å²) >= 11 is 3.20. The molecule has 1 aliphatic carbocycles. The van der Waals surface area contributed by atoms with Crippen molar-refractivity contribution in [1.82, 2.24) is 0 Å². The van der Waals surface area contributed by atoms with E-state index in [9.17, 15) is 8.78 Å². The zero-order chi connectivity index (χ0) is 14.9. The first-order valence-corrected chi connectivity index (χ1v) is 8.58. The predicted octanol–water partition coefficient (Wildman–Crippen LogP) is 4.73. The van der Waals surface area contributed by atoms with Crippen LogP contribution in [0.4, 0.5) is 8.78 Å². The quantitative estimate of drug-likeness (QED) is 0.725. The molecule has 1 spiro atoms. The summed E-state index contributed by atoms with van der Waals surface area (Å²) in [5, 5.41) is 0.418. The predicted molar refractivity (Wildman–Crippen MR) is 79.8 cm³/mol. The van der Waals surface area contributed by atoms with Gasteiger partial charge in [0.1, 0.15) is 6.10 Å². The van der Waals surface area contributed by atoms with E-state index in [1.807, 2.05) is 0 Å². The van der Waals surface area contributed by atoms with E-state index in [4.69, 9.17) is 9.47 Å². The molecular formula is C16H19BrF2O2. The first kappa shape index (κ1) is 15.2. The molecule has 0 radical (unpaired) electrons. The van der Waals surface area contributed by atoms with Gasteiger partial charge in [0.05, 0.1) is 12.2 Å². The van der Waals surface area contributed by atoms with Gasteiger partial charge >= 0.3 is 0 Å². The maximum absolute atomic E-state index is 14.0. The van der Waals surface area contributed by atoms with Gasteiger partial charge < -0.3 is 9.47 Å². The summed E-state index contributed by atoms with van der Waals surface area (Å²) in [6.07, 6.45) is 5.62. The largest absolute Gasteiger partial charge is 0.484 e. The smallest absolute Gasteiger partial charge is 0.191 e. The Labute approximate surface area is 131 Å². The minimum atomic E-state index is -0.628. The molecule has 1 aliphatic heterocycles. The molecule has 1 saturated heterocycles. The van der Waals surface area contributed by atoms with E-state index in [2.05, 4.69) is 15.9 Å². The molecule has 1 aromatic carbocycles. The van der Waals surface area contributed by atoms with E-state index >= 15 is 0 Å². The van der Waals surface area contributed by atoms with E-state index in [0.29, 0.717) is 23.9 Å². The molecule has 5 heteroatoms. The number of hydrogen-bond acceptors (Lipinski definition) is 2. The minimum absolute atomic E-state index is 0.119. The Morgan fingerprint density at radius 3 is 2.52 bits per heavy atom. The van der Waals surface area contributed by atoms with Crippen LogP contribution in [0, 0.1) is 11.6 Å². The standard InChI is InChI=1S/C16H19BrF2O2/c17-10-11-7-13(18)15(14(19)8-11)21-12-3-6-20-16(9-12)4-1-2-5-16/h7-8,12H,1-6,9-10H2. The van der Waals surface area contributed by atoms with Crippen molar-refractivity contribution in [3.8, 4) is 5.75 Å². The van der Waals surface area contributed by atoms with E-state index in [-0.39, 0.29) is 17.5 Å². The highest BCUT2D eigenvalue weighted by molar-refractivity contribution is 9.08. The van der Waals surface area contributed by atoms with E-state index in [0.717, 1.165) is 32.1 Å². The molecule has 2 aliphatic rings. The monoisotopic (exact) mass is 360 g/mol. The van der Waals surface area contributed by atoms with Crippen LogP contribution < -0.4 is 4.74 Å². The van der Waals surface area contributed by atoms with Crippen LogP contribution in [0.15, 0.2) is 12.1 Å². The summed E-state index contributed by atoms with van der Waals surface area (Å²) in [6, 6.07) is 2.63. The molecule has 2 nitrogen and oxygen atoms in total. The van der Waals surface area contributed by atoms with Crippen molar-refractivity contribution < 1.29 is 18.3 Å². The zero-order valence-corrected chi connectivity index (χ0v) is 13.4. The molecule has 0 bridgehead atoms. The number of hydrogen-bond donors (Lipinski definition) is 0. The number of halogens is 3. The van der Waals surface area contributed by atoms with Crippen molar-refractivity contribution in [2.45, 2.75) is 55.6 Å². The van der Waals surface area contributed by atoms with Gasteiger partial charge in [-0.2, -0.15) is 0 Å². The highest BCUT2D eigenvalue weighted by atomic mass is 79.9. The van der Waals surface area contributed by atoms with Gasteiger partial charge in [0.25, 0.3) is 0 Å². The summed E-state index contributed by atoms with van der Waals surface area (Å²) in [5.41, 5.74) is 0.447. The maximum Gasteiger partial charge on any atom is 0.191 e. The summed E-state index contributed by atoms with van der Waals surface area (Å²) < 4.78 is 39.6. The Morgan fingerprint density at radius 2 is 1.90 bits per heavy atom. The van der Waals surface area contributed by atoms with Crippen molar-refractivity contribution in [3.63, 3.8) is 0 Å². The molecule has 1 heterocycles. The molecule has 2 fully saturated rings. The summed E-state index contributed by atoms with van der Waals surface area (Å²) in [7, 11) is 0. The summed E-state index contributed by atoms with van der Waals surface area (Å²) in [4.78, 5) is 0. The second-order valence-electron chi connectivity index (χ2n) is 5.99. The summed E-state index contributed by atoms with van der Waals surface area (Å²) in [6.45, 7) is 0.605. The molecule has 1 aromatic rings. The summed E-state index contributed by atoms with van der Waals surface area (Å²) in [5.74, 6) is -1.51. The van der Waals surface area contributed by atoms with Crippen LogP contribution >= 0.6 is 15.9 Å². The second-order valence-corrected chi connectivity index (χ2v) is 6.55. The fourth-order valence-electron chi connectivity index (χ4n) is 3.42. The van der Waals surface area contributed by atoms with E-state index < -0.39 is 11.6 Å². The van der Waals surface area contributed by atoms with Gasteiger partial charge in [-0.15, -0.1) is 0 Å². The highest BCUT2D eigenvalue weighted by Gasteiger charge is 2.41. The first-order valence-electron chi connectivity index (χ1n) is 7.46. The molecule has 0 aromatic heterocycles. The molecule has 3 rings (SSSR count). The Hall–Kier alpha value is -0.680. The lowest BCUT2D eigenvalue weighted by molar-refractivity contribution is -0.109. The lowest BCUT2D eigenvalue weighted by Gasteiger charge is -2.38. The fraction of sp³-hybridized carbons (Fsp3) is 0.625. The minimum Gasteiger partial charge on any atom is -0.484 e. The molecule has 1 atom stereocenters. The van der Waals surface area contributed by atoms with E-state index in [1.165, 1.54) is 12.1 Å². The fourth-order valence-corrected chi connectivity index (χ4v) is 3.74. The third kappa shape index (κ3) is 3.24. The Morgan fingerprint density at radius 1 is 1.24 bits per heavy atom. The Kier molecular flexibility index (Phi) is 4.50. The highest BCUT2D eigenvalue weighted by Crippen LogP contribution is 2.41. The number of alkyl halides is 1. The average molecular weight is 361 g/mol. The molecule has 21 heavy (non-hydrogen) atoms. The van der Waals surface area contributed by atoms with Crippen molar-refractivity contribution >= 4 is 15.9 Å². The number of rotatable bonds is 3. The number of benzene rings is 1. The van der Waals surface area contributed by atoms with Crippen LogP contribution in [0.25, 0.3) is 0 Å². The molecule has 0 amide bonds. The third-order valence-corrected chi connectivity index (χ3v) is 5.11. The number of ether oxygens (including phenoxy) is 2. The Bertz CT molecular complexity index is 492. The van der Waals surface area contributed by atoms with Crippen LogP contribution in [0.3, 0.4) is 0 Å². The zero-order valence-electron chi connectivity index (χ0n) is 11.8. The van der Waals surface area contributed by atoms with Crippen molar-refractivity contribution in [2.24, 2.45) is 0 Å². The van der Waals surface area contributed by atoms with Crippen molar-refractivity contribution in [1.29, 1.82) is 0 Å². The van der Waals surface area contributed by atoms with E-state index in [1.54, 1.807) is 0 Å². The van der Waals surface area contributed by atoms with Crippen molar-refractivity contribution in [3.05, 3.63) is 29.3 Å². The molecule has 0 N–H and O–H groups in total. The van der Waals surface area contributed by atoms with Gasteiger partial charge in [-0.05, 0) is 30.5 Å². The van der Waals surface area contributed by atoms with Crippen LogP contribution in [-0.4, -0.2) is 18.3 Å². The SMILES string of the molecule is Fc1cc(CBr)cc(F)c1OC1CCOC2(CCCC2)C1.